The normalized spacial score (nSPS) is 33.4. The molecular weight excluding hydrogens is 336 g/mol. The molecule has 1 aliphatic rings. The zero-order valence-corrected chi connectivity index (χ0v) is 15.4. The first kappa shape index (κ1) is 17.3. The Morgan fingerprint density at radius 3 is 2.76 bits per heavy atom. The van der Waals surface area contributed by atoms with Gasteiger partial charge in [0.1, 0.15) is 6.10 Å². The van der Waals surface area contributed by atoms with Crippen LogP contribution >= 0.6 is 54.2 Å². The third-order valence-electron chi connectivity index (χ3n) is 2.01. The molecule has 1 N–H and O–H groups in total. The van der Waals surface area contributed by atoms with Gasteiger partial charge in [-0.1, -0.05) is 28.4 Å². The summed E-state index contributed by atoms with van der Waals surface area (Å²) in [6.45, 7) is 4.14. The van der Waals surface area contributed by atoms with Crippen LogP contribution in [0.5, 0.6) is 0 Å². The zero-order valence-electron chi connectivity index (χ0n) is 9.68. The van der Waals surface area contributed by atoms with Crippen molar-refractivity contribution in [3.05, 3.63) is 0 Å². The van der Waals surface area contributed by atoms with Crippen molar-refractivity contribution in [2.45, 2.75) is 24.9 Å². The van der Waals surface area contributed by atoms with Gasteiger partial charge >= 0.3 is 0 Å². The summed E-state index contributed by atoms with van der Waals surface area (Å²) in [5, 5.41) is 9.79. The molecule has 0 aromatic heterocycles. The zero-order chi connectivity index (χ0) is 12.8. The van der Waals surface area contributed by atoms with Gasteiger partial charge in [-0.05, 0) is 20.1 Å². The van der Waals surface area contributed by atoms with E-state index in [0.29, 0.717) is 6.42 Å². The summed E-state index contributed by atoms with van der Waals surface area (Å²) < 4.78 is 16.7. The quantitative estimate of drug-likeness (QED) is 0.583. The van der Waals surface area contributed by atoms with Crippen LogP contribution in [0.25, 0.3) is 0 Å². The molecule has 102 valence electrons. The summed E-state index contributed by atoms with van der Waals surface area (Å²) in [6.07, 6.45) is -0.441. The van der Waals surface area contributed by atoms with Crippen LogP contribution in [0, 0.1) is 0 Å². The molecule has 0 aromatic rings. The van der Waals surface area contributed by atoms with Crippen molar-refractivity contribution in [3.8, 4) is 0 Å². The minimum Gasteiger partial charge on any atom is -0.388 e. The van der Waals surface area contributed by atoms with E-state index in [4.69, 9.17) is 13.4 Å². The van der Waals surface area contributed by atoms with Crippen LogP contribution in [0.4, 0.5) is 0 Å². The molecule has 1 rings (SSSR count). The SMILES string of the molecule is CP(P)SOC1C[C@H](OP(C)SP)[C@H](O)CO1. The van der Waals surface area contributed by atoms with E-state index in [1.165, 1.54) is 11.7 Å². The summed E-state index contributed by atoms with van der Waals surface area (Å²) in [7, 11) is 4.73. The van der Waals surface area contributed by atoms with Gasteiger partial charge < -0.3 is 14.4 Å². The Balaban J connectivity index is 2.36. The summed E-state index contributed by atoms with van der Waals surface area (Å²) in [5.41, 5.74) is 0. The average molecular weight is 354 g/mol. The van der Waals surface area contributed by atoms with Crippen molar-refractivity contribution in [3.63, 3.8) is 0 Å². The summed E-state index contributed by atoms with van der Waals surface area (Å²) in [4.78, 5) is 0. The molecule has 0 aromatic carbocycles. The fourth-order valence-electron chi connectivity index (χ4n) is 1.24. The number of ether oxygens (including phenoxy) is 1. The van der Waals surface area contributed by atoms with E-state index >= 15 is 0 Å². The highest BCUT2D eigenvalue weighted by Gasteiger charge is 2.32. The van der Waals surface area contributed by atoms with E-state index < -0.39 is 13.5 Å². The van der Waals surface area contributed by atoms with Crippen molar-refractivity contribution in [2.75, 3.05) is 19.9 Å². The Morgan fingerprint density at radius 2 is 2.18 bits per heavy atom. The lowest BCUT2D eigenvalue weighted by molar-refractivity contribution is -0.169. The fourth-order valence-corrected chi connectivity index (χ4v) is 4.33. The van der Waals surface area contributed by atoms with Gasteiger partial charge in [0, 0.05) is 18.1 Å². The van der Waals surface area contributed by atoms with E-state index in [9.17, 15) is 5.11 Å². The third kappa shape index (κ3) is 7.00. The van der Waals surface area contributed by atoms with E-state index in [0.717, 1.165) is 0 Å². The first-order valence-corrected chi connectivity index (χ1v) is 14.3. The van der Waals surface area contributed by atoms with E-state index in [1.54, 1.807) is 11.0 Å². The Morgan fingerprint density at radius 1 is 1.47 bits per heavy atom. The van der Waals surface area contributed by atoms with Gasteiger partial charge in [-0.3, -0.25) is 4.18 Å². The maximum absolute atomic E-state index is 9.79. The first-order valence-electron chi connectivity index (χ1n) is 4.91. The molecule has 10 heteroatoms. The predicted octanol–water partition coefficient (Wildman–Crippen LogP) is 3.43. The Hall–Kier alpha value is 2.26. The molecule has 1 fully saturated rings. The van der Waals surface area contributed by atoms with E-state index in [-0.39, 0.29) is 25.8 Å². The van der Waals surface area contributed by atoms with Crippen molar-refractivity contribution in [1.29, 1.82) is 0 Å². The molecule has 0 amide bonds. The predicted molar refractivity (Wildman–Crippen MR) is 86.6 cm³/mol. The minimum absolute atomic E-state index is 0.189. The van der Waals surface area contributed by atoms with Crippen LogP contribution in [0.15, 0.2) is 0 Å². The standard InChI is InChI=1S/C7H18O4P4S2/c1-14(17-13)10-6-3-7(9-4-5(6)8)11-16-15(2)12/h5-8H,3-4,12-13H2,1-2H3/t5-,6+,7?,14?,15?/m1/s1. The second-order valence-corrected chi connectivity index (χ2v) is 15.9. The van der Waals surface area contributed by atoms with Gasteiger partial charge in [-0.25, -0.2) is 0 Å². The molecule has 5 unspecified atom stereocenters. The number of hydrogen-bond donors (Lipinski definition) is 1. The van der Waals surface area contributed by atoms with Crippen LogP contribution in [0.1, 0.15) is 6.42 Å². The van der Waals surface area contributed by atoms with Crippen molar-refractivity contribution in [1.82, 2.24) is 0 Å². The van der Waals surface area contributed by atoms with Gasteiger partial charge in [-0.15, -0.1) is 0 Å². The van der Waals surface area contributed by atoms with Gasteiger partial charge in [0.15, 0.2) is 6.29 Å². The number of aliphatic hydroxyl groups excluding tert-OH is 1. The van der Waals surface area contributed by atoms with Crippen LogP contribution < -0.4 is 0 Å². The average Bonchev–Trinajstić information content (AvgIpc) is 2.29. The van der Waals surface area contributed by atoms with Crippen LogP contribution in [0.2, 0.25) is 0 Å². The highest BCUT2D eigenvalue weighted by atomic mass is 33.1. The summed E-state index contributed by atoms with van der Waals surface area (Å²) in [6, 6.07) is 0. The maximum atomic E-state index is 9.79. The number of aliphatic hydroxyl groups is 1. The molecule has 1 aliphatic heterocycles. The van der Waals surface area contributed by atoms with E-state index in [2.05, 4.69) is 24.0 Å². The molecule has 7 atom stereocenters. The van der Waals surface area contributed by atoms with Gasteiger partial charge in [0.2, 0.25) is 0 Å². The topological polar surface area (TPSA) is 47.9 Å². The molecule has 0 spiro atoms. The molecule has 0 bridgehead atoms. The van der Waals surface area contributed by atoms with Gasteiger partial charge in [0.25, 0.3) is 0 Å². The van der Waals surface area contributed by atoms with Crippen LogP contribution in [0.3, 0.4) is 0 Å². The smallest absolute Gasteiger partial charge is 0.173 e. The summed E-state index contributed by atoms with van der Waals surface area (Å²) in [5.74, 6) is 0. The lowest BCUT2D eigenvalue weighted by Crippen LogP contribution is -2.42. The van der Waals surface area contributed by atoms with Crippen molar-refractivity contribution >= 4 is 54.2 Å². The van der Waals surface area contributed by atoms with Crippen molar-refractivity contribution in [2.24, 2.45) is 0 Å². The molecular formula is C7H18O4P4S2. The Bertz CT molecular complexity index is 226. The number of hydrogen-bond acceptors (Lipinski definition) is 6. The molecule has 1 saturated heterocycles. The van der Waals surface area contributed by atoms with Crippen LogP contribution in [-0.4, -0.2) is 43.5 Å². The largest absolute Gasteiger partial charge is 0.388 e. The lowest BCUT2D eigenvalue weighted by Gasteiger charge is -2.33. The molecule has 1 heterocycles. The maximum Gasteiger partial charge on any atom is 0.173 e. The number of rotatable bonds is 6. The highest BCUT2D eigenvalue weighted by Crippen LogP contribution is 2.55. The molecule has 4 nitrogen and oxygen atoms in total. The minimum atomic E-state index is -0.567. The third-order valence-corrected chi connectivity index (χ3v) is 8.97. The Labute approximate surface area is 117 Å². The van der Waals surface area contributed by atoms with Gasteiger partial charge in [0.05, 0.1) is 20.1 Å². The monoisotopic (exact) mass is 354 g/mol. The molecule has 0 radical (unpaired) electrons. The molecule has 17 heavy (non-hydrogen) atoms. The van der Waals surface area contributed by atoms with E-state index in [1.807, 2.05) is 6.66 Å². The second-order valence-electron chi connectivity index (χ2n) is 3.47. The molecule has 0 aliphatic carbocycles. The Kier molecular flexibility index (Phi) is 9.41. The van der Waals surface area contributed by atoms with Crippen molar-refractivity contribution < 1.29 is 18.6 Å². The highest BCUT2D eigenvalue weighted by molar-refractivity contribution is 8.77. The van der Waals surface area contributed by atoms with Crippen LogP contribution in [-0.2, 0) is 13.4 Å². The summed E-state index contributed by atoms with van der Waals surface area (Å²) >= 11 is 3.03. The second kappa shape index (κ2) is 9.24. The molecule has 0 saturated carbocycles. The lowest BCUT2D eigenvalue weighted by atomic mass is 10.1. The van der Waals surface area contributed by atoms with Gasteiger partial charge in [-0.2, -0.15) is 0 Å². The fraction of sp³-hybridized carbons (Fsp3) is 1.00. The first-order chi connectivity index (χ1) is 8.02.